The van der Waals surface area contributed by atoms with Gasteiger partial charge in [-0.15, -0.1) is 0 Å². The molecule has 0 amide bonds. The minimum atomic E-state index is -2.97. The highest BCUT2D eigenvalue weighted by Crippen LogP contribution is 2.05. The normalized spacial score (nSPS) is 10.3. The zero-order chi connectivity index (χ0) is 9.14. The molecule has 0 radical (unpaired) electrons. The second kappa shape index (κ2) is 3.38. The van der Waals surface area contributed by atoms with Crippen LogP contribution in [0.5, 0.6) is 0 Å². The van der Waals surface area contributed by atoms with Gasteiger partial charge in [0.15, 0.2) is 0 Å². The average molecular weight is 171 g/mol. The number of hydrogen-bond acceptors (Lipinski definition) is 2. The molecule has 0 saturated heterocycles. The van der Waals surface area contributed by atoms with E-state index in [1.54, 1.807) is 13.0 Å². The predicted octanol–water partition coefficient (Wildman–Crippen LogP) is 1.84. The maximum Gasteiger partial charge on any atom is 0.302 e. The summed E-state index contributed by atoms with van der Waals surface area (Å²) in [6, 6.07) is 2.87. The first kappa shape index (κ1) is 8.77. The van der Waals surface area contributed by atoms with Crippen LogP contribution in [-0.4, -0.2) is 17.2 Å². The maximum atomic E-state index is 11.8. The van der Waals surface area contributed by atoms with Gasteiger partial charge in [0.05, 0.1) is 0 Å². The molecular formula is C8H7F2NO. The molecule has 0 fully saturated rings. The summed E-state index contributed by atoms with van der Waals surface area (Å²) in [5, 5.41) is 0. The third kappa shape index (κ3) is 1.84. The molecule has 1 aromatic rings. The lowest BCUT2D eigenvalue weighted by atomic mass is 10.2. The molecule has 1 heterocycles. The molecule has 0 aliphatic carbocycles. The fourth-order valence-electron chi connectivity index (χ4n) is 0.725. The fraction of sp³-hybridized carbons (Fsp3) is 0.250. The molecule has 0 atom stereocenters. The van der Waals surface area contributed by atoms with Gasteiger partial charge in [-0.25, -0.2) is 8.78 Å². The highest BCUT2D eigenvalue weighted by atomic mass is 19.3. The number of ketones is 1. The van der Waals surface area contributed by atoms with Crippen molar-refractivity contribution in [2.24, 2.45) is 0 Å². The van der Waals surface area contributed by atoms with E-state index >= 15 is 0 Å². The van der Waals surface area contributed by atoms with Gasteiger partial charge < -0.3 is 0 Å². The zero-order valence-corrected chi connectivity index (χ0v) is 6.42. The van der Waals surface area contributed by atoms with E-state index in [4.69, 9.17) is 0 Å². The van der Waals surface area contributed by atoms with E-state index in [2.05, 4.69) is 4.98 Å². The summed E-state index contributed by atoms with van der Waals surface area (Å²) in [5.74, 6) is -1.23. The fourth-order valence-corrected chi connectivity index (χ4v) is 0.725. The van der Waals surface area contributed by atoms with E-state index in [0.29, 0.717) is 0 Å². The summed E-state index contributed by atoms with van der Waals surface area (Å²) < 4.78 is 23.7. The first-order chi connectivity index (χ1) is 5.61. The van der Waals surface area contributed by atoms with Crippen molar-refractivity contribution >= 4 is 5.78 Å². The van der Waals surface area contributed by atoms with E-state index in [9.17, 15) is 13.6 Å². The van der Waals surface area contributed by atoms with E-state index in [1.807, 2.05) is 0 Å². The predicted molar refractivity (Wildman–Crippen MR) is 39.3 cm³/mol. The minimum absolute atomic E-state index is 0.185. The van der Waals surface area contributed by atoms with Crippen LogP contribution in [-0.2, 0) is 0 Å². The molecule has 0 N–H and O–H groups in total. The number of rotatable bonds is 2. The Hall–Kier alpha value is -1.32. The second-order valence-electron chi connectivity index (χ2n) is 2.39. The first-order valence-electron chi connectivity index (χ1n) is 3.36. The summed E-state index contributed by atoms with van der Waals surface area (Å²) in [6.07, 6.45) is -1.59. The van der Waals surface area contributed by atoms with Crippen molar-refractivity contribution in [1.82, 2.24) is 4.98 Å². The van der Waals surface area contributed by atoms with Crippen LogP contribution in [0.3, 0.4) is 0 Å². The Bertz CT molecular complexity index is 282. The second-order valence-corrected chi connectivity index (χ2v) is 2.39. The Morgan fingerprint density at radius 1 is 1.50 bits per heavy atom. The standard InChI is InChI=1S/C8H7F2NO/c1-5-2-3-6(11-4-5)7(12)8(9)10/h2-4,8H,1H3. The maximum absolute atomic E-state index is 11.8. The molecule has 64 valence electrons. The van der Waals surface area contributed by atoms with Gasteiger partial charge in [-0.3, -0.25) is 9.78 Å². The Kier molecular flexibility index (Phi) is 2.47. The van der Waals surface area contributed by atoms with Crippen LogP contribution in [0.1, 0.15) is 16.1 Å². The van der Waals surface area contributed by atoms with Crippen LogP contribution in [0.2, 0.25) is 0 Å². The van der Waals surface area contributed by atoms with Gasteiger partial charge >= 0.3 is 6.43 Å². The highest BCUT2D eigenvalue weighted by Gasteiger charge is 2.18. The van der Waals surface area contributed by atoms with E-state index in [1.165, 1.54) is 12.3 Å². The van der Waals surface area contributed by atoms with Crippen molar-refractivity contribution in [2.75, 3.05) is 0 Å². The largest absolute Gasteiger partial charge is 0.302 e. The van der Waals surface area contributed by atoms with E-state index in [0.717, 1.165) is 5.56 Å². The monoisotopic (exact) mass is 171 g/mol. The number of Topliss-reactive ketones (excluding diaryl/α,β-unsaturated/α-hetero) is 1. The van der Waals surface area contributed by atoms with Crippen LogP contribution in [0, 0.1) is 6.92 Å². The van der Waals surface area contributed by atoms with E-state index in [-0.39, 0.29) is 5.69 Å². The number of halogens is 2. The summed E-state index contributed by atoms with van der Waals surface area (Å²) in [5.41, 5.74) is 0.649. The molecule has 1 aromatic heterocycles. The van der Waals surface area contributed by atoms with Crippen molar-refractivity contribution in [3.63, 3.8) is 0 Å². The molecule has 0 unspecified atom stereocenters. The van der Waals surface area contributed by atoms with E-state index < -0.39 is 12.2 Å². The van der Waals surface area contributed by atoms with Crippen molar-refractivity contribution in [2.45, 2.75) is 13.3 Å². The SMILES string of the molecule is Cc1ccc(C(=O)C(F)F)nc1. The van der Waals surface area contributed by atoms with Crippen molar-refractivity contribution in [1.29, 1.82) is 0 Å². The third-order valence-electron chi connectivity index (χ3n) is 1.36. The molecule has 0 bridgehead atoms. The van der Waals surface area contributed by atoms with Crippen LogP contribution in [0.25, 0.3) is 0 Å². The molecule has 0 saturated carbocycles. The molecule has 0 aliphatic rings. The molecule has 1 rings (SSSR count). The number of alkyl halides is 2. The summed E-state index contributed by atoms with van der Waals surface area (Å²) in [7, 11) is 0. The Balaban J connectivity index is 2.90. The Morgan fingerprint density at radius 2 is 2.17 bits per heavy atom. The quantitative estimate of drug-likeness (QED) is 0.635. The third-order valence-corrected chi connectivity index (χ3v) is 1.36. The topological polar surface area (TPSA) is 30.0 Å². The molecule has 2 nitrogen and oxygen atoms in total. The van der Waals surface area contributed by atoms with Crippen LogP contribution in [0.4, 0.5) is 8.78 Å². The van der Waals surface area contributed by atoms with Crippen molar-refractivity contribution in [3.05, 3.63) is 29.6 Å². The van der Waals surface area contributed by atoms with Gasteiger partial charge in [-0.1, -0.05) is 6.07 Å². The number of hydrogen-bond donors (Lipinski definition) is 0. The smallest absolute Gasteiger partial charge is 0.286 e. The van der Waals surface area contributed by atoms with Crippen LogP contribution >= 0.6 is 0 Å². The molecule has 12 heavy (non-hydrogen) atoms. The van der Waals surface area contributed by atoms with Gasteiger partial charge in [-0.2, -0.15) is 0 Å². The zero-order valence-electron chi connectivity index (χ0n) is 6.42. The lowest BCUT2D eigenvalue weighted by Crippen LogP contribution is -2.11. The Morgan fingerprint density at radius 3 is 2.58 bits per heavy atom. The number of carbonyl (C=O) groups is 1. The minimum Gasteiger partial charge on any atom is -0.286 e. The summed E-state index contributed by atoms with van der Waals surface area (Å²) in [6.45, 7) is 1.77. The average Bonchev–Trinajstić information content (AvgIpc) is 2.04. The number of aryl methyl sites for hydroxylation is 1. The summed E-state index contributed by atoms with van der Waals surface area (Å²) in [4.78, 5) is 14.2. The number of pyridine rings is 1. The number of nitrogens with zero attached hydrogens (tertiary/aromatic N) is 1. The molecule has 4 heteroatoms. The first-order valence-corrected chi connectivity index (χ1v) is 3.36. The van der Waals surface area contributed by atoms with Gasteiger partial charge in [0.25, 0.3) is 0 Å². The lowest BCUT2D eigenvalue weighted by molar-refractivity contribution is 0.0673. The molecule has 0 spiro atoms. The van der Waals surface area contributed by atoms with Gasteiger partial charge in [-0.05, 0) is 18.6 Å². The summed E-state index contributed by atoms with van der Waals surface area (Å²) >= 11 is 0. The number of carbonyl (C=O) groups excluding carboxylic acids is 1. The van der Waals surface area contributed by atoms with Gasteiger partial charge in [0, 0.05) is 6.20 Å². The van der Waals surface area contributed by atoms with Crippen LogP contribution < -0.4 is 0 Å². The van der Waals surface area contributed by atoms with Gasteiger partial charge in [0.2, 0.25) is 5.78 Å². The molecule has 0 aromatic carbocycles. The molecule has 0 aliphatic heterocycles. The van der Waals surface area contributed by atoms with Crippen molar-refractivity contribution in [3.8, 4) is 0 Å². The van der Waals surface area contributed by atoms with Gasteiger partial charge in [0.1, 0.15) is 5.69 Å². The molecular weight excluding hydrogens is 164 g/mol. The number of aromatic nitrogens is 1. The van der Waals surface area contributed by atoms with Crippen LogP contribution in [0.15, 0.2) is 18.3 Å². The Labute approximate surface area is 68.2 Å². The highest BCUT2D eigenvalue weighted by molar-refractivity contribution is 5.96. The van der Waals surface area contributed by atoms with Crippen molar-refractivity contribution < 1.29 is 13.6 Å². The lowest BCUT2D eigenvalue weighted by Gasteiger charge is -1.97.